The highest BCUT2D eigenvalue weighted by atomic mass is 15.2. The van der Waals surface area contributed by atoms with Gasteiger partial charge in [-0.1, -0.05) is 6.92 Å². The Morgan fingerprint density at radius 3 is 3.11 bits per heavy atom. The molecule has 0 saturated carbocycles. The lowest BCUT2D eigenvalue weighted by Crippen LogP contribution is -2.37. The molecular weight excluding hydrogens is 226 g/mol. The SMILES string of the molecule is CC1CCCN(CCNc2nccnc2C#N)C1. The van der Waals surface area contributed by atoms with Gasteiger partial charge in [0.15, 0.2) is 11.5 Å². The van der Waals surface area contributed by atoms with Gasteiger partial charge in [0.25, 0.3) is 0 Å². The minimum Gasteiger partial charge on any atom is -0.366 e. The Morgan fingerprint density at radius 1 is 1.50 bits per heavy atom. The number of nitrogens with zero attached hydrogens (tertiary/aromatic N) is 4. The van der Waals surface area contributed by atoms with Gasteiger partial charge in [0.05, 0.1) is 0 Å². The van der Waals surface area contributed by atoms with E-state index in [1.54, 1.807) is 6.20 Å². The molecule has 1 aliphatic rings. The summed E-state index contributed by atoms with van der Waals surface area (Å²) in [4.78, 5) is 10.6. The number of rotatable bonds is 4. The second-order valence-corrected chi connectivity index (χ2v) is 4.84. The zero-order chi connectivity index (χ0) is 12.8. The number of hydrogen-bond acceptors (Lipinski definition) is 5. The number of hydrogen-bond donors (Lipinski definition) is 1. The van der Waals surface area contributed by atoms with Gasteiger partial charge in [-0.15, -0.1) is 0 Å². The van der Waals surface area contributed by atoms with Gasteiger partial charge in [0.2, 0.25) is 0 Å². The van der Waals surface area contributed by atoms with E-state index in [1.807, 2.05) is 6.07 Å². The third-order valence-corrected chi connectivity index (χ3v) is 3.27. The average Bonchev–Trinajstić information content (AvgIpc) is 2.39. The molecule has 5 heteroatoms. The maximum atomic E-state index is 8.90. The van der Waals surface area contributed by atoms with Crippen molar-refractivity contribution in [2.75, 3.05) is 31.5 Å². The highest BCUT2D eigenvalue weighted by Gasteiger charge is 2.15. The van der Waals surface area contributed by atoms with Crippen LogP contribution < -0.4 is 5.32 Å². The standard InChI is InChI=1S/C13H19N5/c1-11-3-2-7-18(10-11)8-6-17-13-12(9-14)15-4-5-16-13/h4-5,11H,2-3,6-8,10H2,1H3,(H,16,17). The molecule has 0 amide bonds. The number of anilines is 1. The van der Waals surface area contributed by atoms with Gasteiger partial charge in [0, 0.05) is 32.0 Å². The van der Waals surface area contributed by atoms with Crippen molar-refractivity contribution in [1.29, 1.82) is 5.26 Å². The second-order valence-electron chi connectivity index (χ2n) is 4.84. The highest BCUT2D eigenvalue weighted by molar-refractivity contribution is 5.46. The number of nitriles is 1. The fourth-order valence-corrected chi connectivity index (χ4v) is 2.37. The summed E-state index contributed by atoms with van der Waals surface area (Å²) in [6.45, 7) is 6.45. The van der Waals surface area contributed by atoms with E-state index in [0.29, 0.717) is 11.5 Å². The molecule has 0 bridgehead atoms. The first-order chi connectivity index (χ1) is 8.79. The van der Waals surface area contributed by atoms with E-state index in [9.17, 15) is 0 Å². The summed E-state index contributed by atoms with van der Waals surface area (Å²) in [5.41, 5.74) is 0.365. The number of aromatic nitrogens is 2. The summed E-state index contributed by atoms with van der Waals surface area (Å²) < 4.78 is 0. The molecule has 1 aromatic heterocycles. The first-order valence-corrected chi connectivity index (χ1v) is 6.47. The van der Waals surface area contributed by atoms with Gasteiger partial charge < -0.3 is 10.2 Å². The number of piperidine rings is 1. The van der Waals surface area contributed by atoms with Crippen molar-refractivity contribution in [1.82, 2.24) is 14.9 Å². The molecule has 1 aromatic rings. The summed E-state index contributed by atoms with van der Waals surface area (Å²) in [5.74, 6) is 1.38. The molecule has 0 spiro atoms. The Morgan fingerprint density at radius 2 is 2.33 bits per heavy atom. The summed E-state index contributed by atoms with van der Waals surface area (Å²) >= 11 is 0. The topological polar surface area (TPSA) is 64.8 Å². The van der Waals surface area contributed by atoms with Crippen molar-refractivity contribution >= 4 is 5.82 Å². The van der Waals surface area contributed by atoms with E-state index >= 15 is 0 Å². The molecule has 5 nitrogen and oxygen atoms in total. The lowest BCUT2D eigenvalue weighted by molar-refractivity contribution is 0.190. The molecule has 96 valence electrons. The van der Waals surface area contributed by atoms with Crippen molar-refractivity contribution in [2.24, 2.45) is 5.92 Å². The first kappa shape index (κ1) is 12.8. The van der Waals surface area contributed by atoms with Gasteiger partial charge in [-0.25, -0.2) is 9.97 Å². The molecule has 18 heavy (non-hydrogen) atoms. The van der Waals surface area contributed by atoms with Gasteiger partial charge in [-0.05, 0) is 25.3 Å². The maximum Gasteiger partial charge on any atom is 0.182 e. The minimum atomic E-state index is 0.365. The Bertz CT molecular complexity index is 426. The molecular formula is C13H19N5. The van der Waals surface area contributed by atoms with Crippen LogP contribution >= 0.6 is 0 Å². The summed E-state index contributed by atoms with van der Waals surface area (Å²) in [7, 11) is 0. The zero-order valence-corrected chi connectivity index (χ0v) is 10.8. The lowest BCUT2D eigenvalue weighted by Gasteiger charge is -2.30. The molecule has 1 saturated heterocycles. The van der Waals surface area contributed by atoms with E-state index in [1.165, 1.54) is 32.1 Å². The van der Waals surface area contributed by atoms with Crippen molar-refractivity contribution in [3.8, 4) is 6.07 Å². The molecule has 1 fully saturated rings. The highest BCUT2D eigenvalue weighted by Crippen LogP contribution is 2.15. The van der Waals surface area contributed by atoms with Crippen molar-refractivity contribution in [3.05, 3.63) is 18.1 Å². The Balaban J connectivity index is 1.80. The van der Waals surface area contributed by atoms with E-state index < -0.39 is 0 Å². The smallest absolute Gasteiger partial charge is 0.182 e. The zero-order valence-electron chi connectivity index (χ0n) is 10.8. The van der Waals surface area contributed by atoms with Crippen LogP contribution in [0, 0.1) is 17.2 Å². The van der Waals surface area contributed by atoms with Crippen LogP contribution in [0.4, 0.5) is 5.82 Å². The fourth-order valence-electron chi connectivity index (χ4n) is 2.37. The summed E-state index contributed by atoms with van der Waals surface area (Å²) in [5, 5.41) is 12.1. The van der Waals surface area contributed by atoms with Crippen LogP contribution in [0.25, 0.3) is 0 Å². The van der Waals surface area contributed by atoms with Crippen LogP contribution in [0.5, 0.6) is 0 Å². The molecule has 0 aliphatic carbocycles. The molecule has 1 aliphatic heterocycles. The molecule has 1 N–H and O–H groups in total. The van der Waals surface area contributed by atoms with Crippen LogP contribution in [0.2, 0.25) is 0 Å². The normalized spacial score (nSPS) is 20.3. The molecule has 0 radical (unpaired) electrons. The van der Waals surface area contributed by atoms with Crippen LogP contribution in [0.3, 0.4) is 0 Å². The molecule has 1 atom stereocenters. The Kier molecular flexibility index (Phi) is 4.48. The van der Waals surface area contributed by atoms with Gasteiger partial charge in [-0.3, -0.25) is 0 Å². The second kappa shape index (κ2) is 6.31. The van der Waals surface area contributed by atoms with Crippen molar-refractivity contribution < 1.29 is 0 Å². The third-order valence-electron chi connectivity index (χ3n) is 3.27. The summed E-state index contributed by atoms with van der Waals surface area (Å²) in [6.07, 6.45) is 5.77. The summed E-state index contributed by atoms with van der Waals surface area (Å²) in [6, 6.07) is 2.04. The van der Waals surface area contributed by atoms with Crippen molar-refractivity contribution in [2.45, 2.75) is 19.8 Å². The fraction of sp³-hybridized carbons (Fsp3) is 0.615. The average molecular weight is 245 g/mol. The van der Waals surface area contributed by atoms with Crippen LogP contribution in [0.1, 0.15) is 25.5 Å². The minimum absolute atomic E-state index is 0.365. The van der Waals surface area contributed by atoms with Crippen LogP contribution in [0.15, 0.2) is 12.4 Å². The molecule has 0 aromatic carbocycles. The quantitative estimate of drug-likeness (QED) is 0.870. The van der Waals surface area contributed by atoms with Gasteiger partial charge in [-0.2, -0.15) is 5.26 Å². The maximum absolute atomic E-state index is 8.90. The molecule has 2 rings (SSSR count). The predicted octanol–water partition coefficient (Wildman–Crippen LogP) is 1.49. The monoisotopic (exact) mass is 245 g/mol. The lowest BCUT2D eigenvalue weighted by atomic mass is 10.0. The van der Waals surface area contributed by atoms with E-state index in [4.69, 9.17) is 5.26 Å². The predicted molar refractivity (Wildman–Crippen MR) is 70.1 cm³/mol. The largest absolute Gasteiger partial charge is 0.366 e. The number of nitrogens with one attached hydrogen (secondary N) is 1. The van der Waals surface area contributed by atoms with Crippen molar-refractivity contribution in [3.63, 3.8) is 0 Å². The van der Waals surface area contributed by atoms with Gasteiger partial charge >= 0.3 is 0 Å². The van der Waals surface area contributed by atoms with Crippen LogP contribution in [-0.4, -0.2) is 41.0 Å². The number of likely N-dealkylation sites (tertiary alicyclic amines) is 1. The van der Waals surface area contributed by atoms with Gasteiger partial charge in [0.1, 0.15) is 6.07 Å². The third kappa shape index (κ3) is 3.41. The molecule has 2 heterocycles. The van der Waals surface area contributed by atoms with E-state index in [2.05, 4.69) is 27.1 Å². The first-order valence-electron chi connectivity index (χ1n) is 6.47. The Hall–Kier alpha value is -1.67. The van der Waals surface area contributed by atoms with E-state index in [-0.39, 0.29) is 0 Å². The molecule has 1 unspecified atom stereocenters. The van der Waals surface area contributed by atoms with Crippen LogP contribution in [-0.2, 0) is 0 Å². The van der Waals surface area contributed by atoms with E-state index in [0.717, 1.165) is 19.0 Å². The Labute approximate surface area is 108 Å².